The number of ether oxygens (including phenoxy) is 1. The lowest BCUT2D eigenvalue weighted by Gasteiger charge is -2.08. The van der Waals surface area contributed by atoms with Gasteiger partial charge in [-0.1, -0.05) is 41.9 Å². The number of fused-ring (bicyclic) bond motifs is 1. The number of amides is 1. The van der Waals surface area contributed by atoms with Gasteiger partial charge in [0.15, 0.2) is 6.61 Å². The van der Waals surface area contributed by atoms with E-state index < -0.39 is 23.4 Å². The van der Waals surface area contributed by atoms with Crippen molar-refractivity contribution >= 4 is 45.6 Å². The molecule has 7 nitrogen and oxygen atoms in total. The molecule has 0 aliphatic carbocycles. The van der Waals surface area contributed by atoms with Crippen LogP contribution >= 0.6 is 11.6 Å². The van der Waals surface area contributed by atoms with Crippen molar-refractivity contribution in [3.63, 3.8) is 0 Å². The van der Waals surface area contributed by atoms with Crippen molar-refractivity contribution in [2.75, 3.05) is 11.9 Å². The van der Waals surface area contributed by atoms with E-state index in [0.29, 0.717) is 5.56 Å². The average Bonchev–Trinajstić information content (AvgIpc) is 2.65. The van der Waals surface area contributed by atoms with E-state index in [-0.39, 0.29) is 16.4 Å². The van der Waals surface area contributed by atoms with Crippen LogP contribution in [0.1, 0.15) is 10.4 Å². The van der Waals surface area contributed by atoms with Gasteiger partial charge in [0.2, 0.25) is 0 Å². The summed E-state index contributed by atoms with van der Waals surface area (Å²) in [5.41, 5.74) is -0.0805. The number of hydrogen-bond donors (Lipinski definition) is 1. The number of anilines is 1. The molecule has 0 aliphatic rings. The monoisotopic (exact) mass is 384 g/mol. The molecule has 0 radical (unpaired) electrons. The Kier molecular flexibility index (Phi) is 5.33. The topological polar surface area (TPSA) is 98.5 Å². The van der Waals surface area contributed by atoms with Crippen LogP contribution in [-0.2, 0) is 9.53 Å². The van der Waals surface area contributed by atoms with Crippen molar-refractivity contribution in [2.45, 2.75) is 0 Å². The standard InChI is InChI=1S/C19H13ClN2O5/c20-15-7-8-17(22(25)26)16(10-15)21-18(23)11-27-19(24)14-6-5-12-3-1-2-4-13(12)9-14/h1-10H,11H2,(H,21,23). The first-order valence-corrected chi connectivity index (χ1v) is 8.21. The summed E-state index contributed by atoms with van der Waals surface area (Å²) in [7, 11) is 0. The van der Waals surface area contributed by atoms with Crippen LogP contribution in [0.2, 0.25) is 5.02 Å². The highest BCUT2D eigenvalue weighted by atomic mass is 35.5. The fourth-order valence-electron chi connectivity index (χ4n) is 2.48. The van der Waals surface area contributed by atoms with Crippen LogP contribution in [0.15, 0.2) is 60.7 Å². The van der Waals surface area contributed by atoms with E-state index >= 15 is 0 Å². The first-order chi connectivity index (χ1) is 12.9. The summed E-state index contributed by atoms with van der Waals surface area (Å²) in [5.74, 6) is -1.38. The molecule has 3 aromatic carbocycles. The predicted molar refractivity (Wildman–Crippen MR) is 101 cm³/mol. The highest BCUT2D eigenvalue weighted by molar-refractivity contribution is 6.31. The van der Waals surface area contributed by atoms with Crippen LogP contribution in [0.4, 0.5) is 11.4 Å². The Bertz CT molecular complexity index is 1050. The Balaban J connectivity index is 1.66. The van der Waals surface area contributed by atoms with E-state index in [1.54, 1.807) is 18.2 Å². The van der Waals surface area contributed by atoms with E-state index in [2.05, 4.69) is 5.32 Å². The highest BCUT2D eigenvalue weighted by Gasteiger charge is 2.17. The van der Waals surface area contributed by atoms with Crippen molar-refractivity contribution in [3.8, 4) is 0 Å². The van der Waals surface area contributed by atoms with Gasteiger partial charge in [0.05, 0.1) is 10.5 Å². The second-order valence-electron chi connectivity index (χ2n) is 5.60. The number of nitro groups is 1. The summed E-state index contributed by atoms with van der Waals surface area (Å²) in [5, 5.41) is 15.4. The first kappa shape index (κ1) is 18.3. The van der Waals surface area contributed by atoms with Gasteiger partial charge in [-0.25, -0.2) is 4.79 Å². The fraction of sp³-hybridized carbons (Fsp3) is 0.0526. The number of carbonyl (C=O) groups is 2. The molecular formula is C19H13ClN2O5. The number of benzene rings is 3. The lowest BCUT2D eigenvalue weighted by Crippen LogP contribution is -2.21. The SMILES string of the molecule is O=C(COC(=O)c1ccc2ccccc2c1)Nc1cc(Cl)ccc1[N+](=O)[O-]. The molecule has 0 aromatic heterocycles. The molecular weight excluding hydrogens is 372 g/mol. The number of nitrogens with one attached hydrogen (secondary N) is 1. The predicted octanol–water partition coefficient (Wildman–Crippen LogP) is 4.20. The maximum atomic E-state index is 12.1. The third-order valence-corrected chi connectivity index (χ3v) is 3.98. The van der Waals surface area contributed by atoms with Gasteiger partial charge in [-0.05, 0) is 35.0 Å². The van der Waals surface area contributed by atoms with Gasteiger partial charge in [0.25, 0.3) is 11.6 Å². The molecule has 0 spiro atoms. The number of carbonyl (C=O) groups excluding carboxylic acids is 2. The largest absolute Gasteiger partial charge is 0.452 e. The van der Waals surface area contributed by atoms with Gasteiger partial charge >= 0.3 is 5.97 Å². The second kappa shape index (κ2) is 7.84. The molecule has 136 valence electrons. The summed E-state index contributed by atoms with van der Waals surface area (Å²) < 4.78 is 4.99. The molecule has 0 fully saturated rings. The summed E-state index contributed by atoms with van der Waals surface area (Å²) in [4.78, 5) is 34.5. The zero-order valence-electron chi connectivity index (χ0n) is 13.8. The maximum Gasteiger partial charge on any atom is 0.338 e. The minimum atomic E-state index is -0.713. The molecule has 0 unspecified atom stereocenters. The first-order valence-electron chi connectivity index (χ1n) is 7.84. The Morgan fingerprint density at radius 2 is 1.78 bits per heavy atom. The molecule has 0 heterocycles. The Morgan fingerprint density at radius 3 is 2.52 bits per heavy atom. The Hall–Kier alpha value is -3.45. The lowest BCUT2D eigenvalue weighted by atomic mass is 10.1. The third-order valence-electron chi connectivity index (χ3n) is 3.75. The van der Waals surface area contributed by atoms with Gasteiger partial charge in [0.1, 0.15) is 5.69 Å². The normalized spacial score (nSPS) is 10.4. The number of halogens is 1. The minimum Gasteiger partial charge on any atom is -0.452 e. The van der Waals surface area contributed by atoms with E-state index in [1.807, 2.05) is 24.3 Å². The van der Waals surface area contributed by atoms with Gasteiger partial charge in [0, 0.05) is 11.1 Å². The van der Waals surface area contributed by atoms with E-state index in [4.69, 9.17) is 16.3 Å². The van der Waals surface area contributed by atoms with Crippen LogP contribution in [0.25, 0.3) is 10.8 Å². The summed E-state index contributed by atoms with van der Waals surface area (Å²) >= 11 is 5.80. The van der Waals surface area contributed by atoms with Gasteiger partial charge in [-0.15, -0.1) is 0 Å². The van der Waals surface area contributed by atoms with Crippen LogP contribution in [-0.4, -0.2) is 23.4 Å². The zero-order chi connectivity index (χ0) is 19.4. The smallest absolute Gasteiger partial charge is 0.338 e. The minimum absolute atomic E-state index is 0.0701. The molecule has 0 aliphatic heterocycles. The molecule has 0 atom stereocenters. The van der Waals surface area contributed by atoms with Crippen molar-refractivity contribution in [3.05, 3.63) is 81.4 Å². The molecule has 8 heteroatoms. The Labute approximate surface area is 158 Å². The molecule has 3 rings (SSSR count). The van der Waals surface area contributed by atoms with Crippen molar-refractivity contribution < 1.29 is 19.2 Å². The number of esters is 1. The number of nitro benzene ring substituents is 1. The van der Waals surface area contributed by atoms with E-state index in [9.17, 15) is 19.7 Å². The average molecular weight is 385 g/mol. The summed E-state index contributed by atoms with van der Waals surface area (Å²) in [6.07, 6.45) is 0. The quantitative estimate of drug-likeness (QED) is 0.404. The number of hydrogen-bond acceptors (Lipinski definition) is 5. The van der Waals surface area contributed by atoms with Crippen LogP contribution in [0, 0.1) is 10.1 Å². The molecule has 0 bridgehead atoms. The molecule has 27 heavy (non-hydrogen) atoms. The van der Waals surface area contributed by atoms with Crippen molar-refractivity contribution in [2.24, 2.45) is 0 Å². The van der Waals surface area contributed by atoms with Crippen molar-refractivity contribution in [1.82, 2.24) is 0 Å². The number of nitrogens with zero attached hydrogens (tertiary/aromatic N) is 1. The highest BCUT2D eigenvalue weighted by Crippen LogP contribution is 2.27. The second-order valence-corrected chi connectivity index (χ2v) is 6.04. The third kappa shape index (κ3) is 4.39. The Morgan fingerprint density at radius 1 is 1.04 bits per heavy atom. The lowest BCUT2D eigenvalue weighted by molar-refractivity contribution is -0.383. The molecule has 1 amide bonds. The summed E-state index contributed by atoms with van der Waals surface area (Å²) in [6, 6.07) is 16.3. The zero-order valence-corrected chi connectivity index (χ0v) is 14.6. The van der Waals surface area contributed by atoms with Gasteiger partial charge in [-0.2, -0.15) is 0 Å². The van der Waals surface area contributed by atoms with Gasteiger partial charge in [-0.3, -0.25) is 14.9 Å². The molecule has 0 saturated heterocycles. The summed E-state index contributed by atoms with van der Waals surface area (Å²) in [6.45, 7) is -0.588. The van der Waals surface area contributed by atoms with Crippen LogP contribution in [0.3, 0.4) is 0 Å². The molecule has 1 N–H and O–H groups in total. The van der Waals surface area contributed by atoms with E-state index in [0.717, 1.165) is 10.8 Å². The number of rotatable bonds is 5. The van der Waals surface area contributed by atoms with E-state index in [1.165, 1.54) is 18.2 Å². The van der Waals surface area contributed by atoms with Crippen LogP contribution in [0.5, 0.6) is 0 Å². The molecule has 0 saturated carbocycles. The molecule has 3 aromatic rings. The van der Waals surface area contributed by atoms with Crippen molar-refractivity contribution in [1.29, 1.82) is 0 Å². The maximum absolute atomic E-state index is 12.1. The van der Waals surface area contributed by atoms with Gasteiger partial charge < -0.3 is 10.1 Å². The fourth-order valence-corrected chi connectivity index (χ4v) is 2.66. The van der Waals surface area contributed by atoms with Crippen LogP contribution < -0.4 is 5.32 Å².